The highest BCUT2D eigenvalue weighted by atomic mass is 35.5. The van der Waals surface area contributed by atoms with Gasteiger partial charge >= 0.3 is 0 Å². The molecule has 0 unspecified atom stereocenters. The van der Waals surface area contributed by atoms with Gasteiger partial charge in [-0.2, -0.15) is 16.7 Å². The predicted molar refractivity (Wildman–Crippen MR) is 67.5 cm³/mol. The van der Waals surface area contributed by atoms with Crippen molar-refractivity contribution < 1.29 is 0 Å². The minimum atomic E-state index is 0.145. The minimum absolute atomic E-state index is 0.145. The number of nitrogen functional groups attached to an aromatic ring is 1. The molecular weight excluding hydrogens is 232 g/mol. The standard InChI is InChI=1S/C9H15ClN4S/c1-9(2,15-3)5-12-7-4-6(10)13-8(11)14-7/h4H,5H2,1-3H3,(H3,11,12,13,14). The van der Waals surface area contributed by atoms with Crippen molar-refractivity contribution in [2.24, 2.45) is 0 Å². The lowest BCUT2D eigenvalue weighted by molar-refractivity contribution is 0.750. The maximum Gasteiger partial charge on any atom is 0.223 e. The lowest BCUT2D eigenvalue weighted by Gasteiger charge is -2.22. The van der Waals surface area contributed by atoms with Crippen LogP contribution in [0.25, 0.3) is 0 Å². The van der Waals surface area contributed by atoms with Crippen LogP contribution in [0, 0.1) is 0 Å². The molecule has 4 nitrogen and oxygen atoms in total. The van der Waals surface area contributed by atoms with Crippen molar-refractivity contribution in [3.63, 3.8) is 0 Å². The Kier molecular flexibility index (Phi) is 4.04. The normalized spacial score (nSPS) is 11.5. The summed E-state index contributed by atoms with van der Waals surface area (Å²) in [7, 11) is 0. The summed E-state index contributed by atoms with van der Waals surface area (Å²) in [5.74, 6) is 0.849. The molecular formula is C9H15ClN4S. The molecule has 0 saturated carbocycles. The fourth-order valence-corrected chi connectivity index (χ4v) is 1.31. The molecule has 1 aromatic heterocycles. The van der Waals surface area contributed by atoms with Crippen molar-refractivity contribution in [2.75, 3.05) is 23.9 Å². The number of nitrogens with two attached hydrogens (primary N) is 1. The molecule has 0 atom stereocenters. The number of halogens is 1. The van der Waals surface area contributed by atoms with Gasteiger partial charge in [-0.3, -0.25) is 0 Å². The van der Waals surface area contributed by atoms with Crippen molar-refractivity contribution in [1.29, 1.82) is 0 Å². The fourth-order valence-electron chi connectivity index (χ4n) is 0.901. The Morgan fingerprint density at radius 3 is 2.73 bits per heavy atom. The van der Waals surface area contributed by atoms with E-state index in [1.54, 1.807) is 17.8 Å². The van der Waals surface area contributed by atoms with Gasteiger partial charge in [-0.15, -0.1) is 0 Å². The maximum absolute atomic E-state index is 5.76. The maximum atomic E-state index is 5.76. The van der Waals surface area contributed by atoms with Crippen LogP contribution in [0.5, 0.6) is 0 Å². The highest BCUT2D eigenvalue weighted by molar-refractivity contribution is 7.99. The Balaban J connectivity index is 2.65. The number of hydrogen-bond donors (Lipinski definition) is 2. The van der Waals surface area contributed by atoms with Crippen LogP contribution < -0.4 is 11.1 Å². The SMILES string of the molecule is CSC(C)(C)CNc1cc(Cl)nc(N)n1. The molecule has 15 heavy (non-hydrogen) atoms. The molecule has 1 rings (SSSR count). The van der Waals surface area contributed by atoms with Gasteiger partial charge in [0.1, 0.15) is 11.0 Å². The number of rotatable bonds is 4. The van der Waals surface area contributed by atoms with E-state index in [2.05, 4.69) is 35.4 Å². The summed E-state index contributed by atoms with van der Waals surface area (Å²) in [6, 6.07) is 1.66. The molecule has 0 aliphatic heterocycles. The molecule has 6 heteroatoms. The molecule has 0 radical (unpaired) electrons. The van der Waals surface area contributed by atoms with Crippen LogP contribution in [0.15, 0.2) is 6.07 Å². The van der Waals surface area contributed by atoms with E-state index in [0.717, 1.165) is 6.54 Å². The number of thioether (sulfide) groups is 1. The first-order chi connectivity index (χ1) is 6.93. The van der Waals surface area contributed by atoms with Crippen molar-refractivity contribution in [2.45, 2.75) is 18.6 Å². The van der Waals surface area contributed by atoms with Gasteiger partial charge in [0, 0.05) is 17.4 Å². The fraction of sp³-hybridized carbons (Fsp3) is 0.556. The lowest BCUT2D eigenvalue weighted by atomic mass is 10.2. The van der Waals surface area contributed by atoms with E-state index >= 15 is 0 Å². The van der Waals surface area contributed by atoms with Gasteiger partial charge < -0.3 is 11.1 Å². The number of anilines is 2. The van der Waals surface area contributed by atoms with Crippen LogP contribution in [0.1, 0.15) is 13.8 Å². The van der Waals surface area contributed by atoms with Gasteiger partial charge in [-0.25, -0.2) is 4.98 Å². The van der Waals surface area contributed by atoms with Gasteiger partial charge in [-0.1, -0.05) is 11.6 Å². The third kappa shape index (κ3) is 4.13. The van der Waals surface area contributed by atoms with Crippen molar-refractivity contribution in [3.05, 3.63) is 11.2 Å². The zero-order chi connectivity index (χ0) is 11.5. The van der Waals surface area contributed by atoms with E-state index in [1.165, 1.54) is 0 Å². The highest BCUT2D eigenvalue weighted by Crippen LogP contribution is 2.22. The van der Waals surface area contributed by atoms with Gasteiger partial charge in [0.15, 0.2) is 0 Å². The molecule has 0 saturated heterocycles. The molecule has 3 N–H and O–H groups in total. The Morgan fingerprint density at radius 2 is 2.20 bits per heavy atom. The van der Waals surface area contributed by atoms with Crippen LogP contribution in [-0.2, 0) is 0 Å². The molecule has 0 fully saturated rings. The van der Waals surface area contributed by atoms with E-state index in [4.69, 9.17) is 17.3 Å². The topological polar surface area (TPSA) is 63.8 Å². The Hall–Kier alpha value is -0.680. The second kappa shape index (κ2) is 4.90. The van der Waals surface area contributed by atoms with Crippen LogP contribution >= 0.6 is 23.4 Å². The first kappa shape index (κ1) is 12.4. The van der Waals surface area contributed by atoms with Crippen LogP contribution in [0.3, 0.4) is 0 Å². The van der Waals surface area contributed by atoms with Gasteiger partial charge in [0.05, 0.1) is 0 Å². The second-order valence-electron chi connectivity index (χ2n) is 3.75. The summed E-state index contributed by atoms with van der Waals surface area (Å²) >= 11 is 7.54. The molecule has 0 aliphatic carbocycles. The molecule has 0 amide bonds. The summed E-state index contributed by atoms with van der Waals surface area (Å²) in [6.07, 6.45) is 2.07. The van der Waals surface area contributed by atoms with Crippen molar-refractivity contribution in [1.82, 2.24) is 9.97 Å². The average Bonchev–Trinajstić information content (AvgIpc) is 2.14. The first-order valence-electron chi connectivity index (χ1n) is 4.52. The molecule has 1 heterocycles. The number of hydrogen-bond acceptors (Lipinski definition) is 5. The summed E-state index contributed by atoms with van der Waals surface area (Å²) in [6.45, 7) is 5.09. The quantitative estimate of drug-likeness (QED) is 0.798. The highest BCUT2D eigenvalue weighted by Gasteiger charge is 2.15. The van der Waals surface area contributed by atoms with Crippen molar-refractivity contribution in [3.8, 4) is 0 Å². The summed E-state index contributed by atoms with van der Waals surface area (Å²) < 4.78 is 0.145. The third-order valence-corrected chi connectivity index (χ3v) is 3.40. The monoisotopic (exact) mass is 246 g/mol. The molecule has 0 aliphatic rings. The number of nitrogens with zero attached hydrogens (tertiary/aromatic N) is 2. The zero-order valence-corrected chi connectivity index (χ0v) is 10.6. The molecule has 0 aromatic carbocycles. The predicted octanol–water partition coefficient (Wildman–Crippen LogP) is 2.27. The van der Waals surface area contributed by atoms with Crippen LogP contribution in [0.2, 0.25) is 5.15 Å². The van der Waals surface area contributed by atoms with Gasteiger partial charge in [-0.05, 0) is 20.1 Å². The Morgan fingerprint density at radius 1 is 1.53 bits per heavy atom. The summed E-state index contributed by atoms with van der Waals surface area (Å²) in [4.78, 5) is 7.82. The Bertz CT molecular complexity index is 323. The third-order valence-electron chi connectivity index (χ3n) is 1.96. The van der Waals surface area contributed by atoms with E-state index in [0.29, 0.717) is 11.0 Å². The van der Waals surface area contributed by atoms with Gasteiger partial charge in [0.25, 0.3) is 0 Å². The molecule has 0 spiro atoms. The smallest absolute Gasteiger partial charge is 0.223 e. The van der Waals surface area contributed by atoms with E-state index < -0.39 is 0 Å². The lowest BCUT2D eigenvalue weighted by Crippen LogP contribution is -2.26. The largest absolute Gasteiger partial charge is 0.368 e. The molecule has 1 aromatic rings. The zero-order valence-electron chi connectivity index (χ0n) is 9.04. The van der Waals surface area contributed by atoms with E-state index in [1.807, 2.05) is 0 Å². The number of nitrogens with one attached hydrogen (secondary N) is 1. The van der Waals surface area contributed by atoms with Crippen LogP contribution in [-0.4, -0.2) is 27.5 Å². The number of aromatic nitrogens is 2. The Labute approximate surface area is 99.0 Å². The first-order valence-corrected chi connectivity index (χ1v) is 6.12. The minimum Gasteiger partial charge on any atom is -0.368 e. The molecule has 0 bridgehead atoms. The van der Waals surface area contributed by atoms with Gasteiger partial charge in [0.2, 0.25) is 5.95 Å². The average molecular weight is 247 g/mol. The van der Waals surface area contributed by atoms with Crippen molar-refractivity contribution >= 4 is 35.1 Å². The van der Waals surface area contributed by atoms with E-state index in [9.17, 15) is 0 Å². The second-order valence-corrected chi connectivity index (χ2v) is 5.65. The molecule has 84 valence electrons. The van der Waals surface area contributed by atoms with E-state index in [-0.39, 0.29) is 10.7 Å². The summed E-state index contributed by atoms with van der Waals surface area (Å²) in [5.41, 5.74) is 5.48. The van der Waals surface area contributed by atoms with Crippen LogP contribution in [0.4, 0.5) is 11.8 Å². The summed E-state index contributed by atoms with van der Waals surface area (Å²) in [5, 5.41) is 3.53.